The summed E-state index contributed by atoms with van der Waals surface area (Å²) in [5, 5.41) is -0.826. The molecule has 1 unspecified atom stereocenters. The minimum absolute atomic E-state index is 0.125. The summed E-state index contributed by atoms with van der Waals surface area (Å²) in [5.74, 6) is -0.125. The minimum atomic E-state index is -3.50. The predicted molar refractivity (Wildman–Crippen MR) is 70.4 cm³/mol. The molecule has 1 aromatic rings. The fourth-order valence-corrected chi connectivity index (χ4v) is 4.20. The maximum absolute atomic E-state index is 12.4. The van der Waals surface area contributed by atoms with Crippen LogP contribution in [0, 0.1) is 13.8 Å². The van der Waals surface area contributed by atoms with Crippen molar-refractivity contribution in [3.63, 3.8) is 0 Å². The topological polar surface area (TPSA) is 51.2 Å². The molecule has 0 N–H and O–H groups in total. The number of carbonyl (C=O) groups is 1. The molecule has 0 heterocycles. The molecule has 1 fully saturated rings. The first-order chi connectivity index (χ1) is 8.43. The number of rotatable bonds is 2. The van der Waals surface area contributed by atoms with E-state index in [0.29, 0.717) is 12.8 Å². The first-order valence-corrected chi connectivity index (χ1v) is 7.81. The summed E-state index contributed by atoms with van der Waals surface area (Å²) in [5.41, 5.74) is 2.00. The number of hydrogen-bond acceptors (Lipinski definition) is 3. The summed E-state index contributed by atoms with van der Waals surface area (Å²) in [6, 6.07) is 5.08. The van der Waals surface area contributed by atoms with Crippen molar-refractivity contribution in [2.75, 3.05) is 0 Å². The quantitative estimate of drug-likeness (QED) is 0.826. The van der Waals surface area contributed by atoms with E-state index in [1.54, 1.807) is 18.2 Å². The van der Waals surface area contributed by atoms with E-state index < -0.39 is 15.1 Å². The van der Waals surface area contributed by atoms with Gasteiger partial charge in [-0.25, -0.2) is 8.42 Å². The Morgan fingerprint density at radius 2 is 1.83 bits per heavy atom. The summed E-state index contributed by atoms with van der Waals surface area (Å²) >= 11 is 0. The molecule has 0 radical (unpaired) electrons. The fraction of sp³-hybridized carbons (Fsp3) is 0.500. The molecule has 1 aliphatic carbocycles. The Kier molecular flexibility index (Phi) is 3.57. The Bertz CT molecular complexity index is 573. The second kappa shape index (κ2) is 4.84. The smallest absolute Gasteiger partial charge is 0.188 e. The lowest BCUT2D eigenvalue weighted by molar-refractivity contribution is -0.119. The van der Waals surface area contributed by atoms with Crippen LogP contribution in [0.4, 0.5) is 0 Å². The van der Waals surface area contributed by atoms with Gasteiger partial charge < -0.3 is 0 Å². The third kappa shape index (κ3) is 2.34. The highest BCUT2D eigenvalue weighted by molar-refractivity contribution is 7.92. The molecule has 1 atom stereocenters. The molecule has 1 aromatic carbocycles. The Hall–Kier alpha value is -1.16. The lowest BCUT2D eigenvalue weighted by Crippen LogP contribution is -2.33. The van der Waals surface area contributed by atoms with Gasteiger partial charge in [0.05, 0.1) is 4.90 Å². The van der Waals surface area contributed by atoms with E-state index in [0.717, 1.165) is 24.0 Å². The van der Waals surface area contributed by atoms with Gasteiger partial charge >= 0.3 is 0 Å². The second-order valence-electron chi connectivity index (χ2n) is 4.99. The average molecular weight is 266 g/mol. The molecule has 0 aliphatic heterocycles. The van der Waals surface area contributed by atoms with Gasteiger partial charge in [0.1, 0.15) is 5.25 Å². The SMILES string of the molecule is Cc1ccc(S(=O)(=O)C2CCCCC2=O)cc1C. The maximum Gasteiger partial charge on any atom is 0.188 e. The zero-order valence-corrected chi connectivity index (χ0v) is 11.6. The van der Waals surface area contributed by atoms with Gasteiger partial charge in [-0.1, -0.05) is 12.5 Å². The van der Waals surface area contributed by atoms with Crippen molar-refractivity contribution >= 4 is 15.6 Å². The number of hydrogen-bond donors (Lipinski definition) is 0. The third-order valence-corrected chi connectivity index (χ3v) is 5.84. The molecule has 18 heavy (non-hydrogen) atoms. The van der Waals surface area contributed by atoms with Crippen molar-refractivity contribution in [3.05, 3.63) is 29.3 Å². The summed E-state index contributed by atoms with van der Waals surface area (Å²) in [4.78, 5) is 12.1. The highest BCUT2D eigenvalue weighted by Gasteiger charge is 2.35. The van der Waals surface area contributed by atoms with Crippen molar-refractivity contribution < 1.29 is 13.2 Å². The highest BCUT2D eigenvalue weighted by atomic mass is 32.2. The van der Waals surface area contributed by atoms with Crippen molar-refractivity contribution in [1.29, 1.82) is 0 Å². The highest BCUT2D eigenvalue weighted by Crippen LogP contribution is 2.27. The molecule has 0 spiro atoms. The van der Waals surface area contributed by atoms with E-state index in [9.17, 15) is 13.2 Å². The van der Waals surface area contributed by atoms with Gasteiger partial charge in [0.2, 0.25) is 0 Å². The predicted octanol–water partition coefficient (Wildman–Crippen LogP) is 2.59. The summed E-state index contributed by atoms with van der Waals surface area (Å²) < 4.78 is 24.9. The Labute approximate surface area is 108 Å². The van der Waals surface area contributed by atoms with Crippen LogP contribution in [0.1, 0.15) is 36.8 Å². The maximum atomic E-state index is 12.4. The van der Waals surface area contributed by atoms with Crippen LogP contribution in [-0.4, -0.2) is 19.5 Å². The minimum Gasteiger partial charge on any atom is -0.298 e. The van der Waals surface area contributed by atoms with Crippen LogP contribution in [0.3, 0.4) is 0 Å². The summed E-state index contributed by atoms with van der Waals surface area (Å²) in [6.07, 6.45) is 2.50. The van der Waals surface area contributed by atoms with E-state index in [-0.39, 0.29) is 10.7 Å². The molecule has 3 nitrogen and oxygen atoms in total. The van der Waals surface area contributed by atoms with Crippen LogP contribution >= 0.6 is 0 Å². The lowest BCUT2D eigenvalue weighted by Gasteiger charge is -2.21. The number of aryl methyl sites for hydroxylation is 2. The normalized spacial score (nSPS) is 21.0. The first-order valence-electron chi connectivity index (χ1n) is 6.27. The molecule has 0 amide bonds. The van der Waals surface area contributed by atoms with Crippen LogP contribution in [0.15, 0.2) is 23.1 Å². The fourth-order valence-electron chi connectivity index (χ4n) is 2.33. The number of benzene rings is 1. The zero-order chi connectivity index (χ0) is 13.3. The van der Waals surface area contributed by atoms with Crippen molar-refractivity contribution in [2.45, 2.75) is 49.7 Å². The van der Waals surface area contributed by atoms with E-state index in [1.165, 1.54) is 0 Å². The van der Waals surface area contributed by atoms with Gasteiger partial charge in [0.25, 0.3) is 0 Å². The van der Waals surface area contributed by atoms with E-state index in [1.807, 2.05) is 13.8 Å². The Morgan fingerprint density at radius 3 is 2.44 bits per heavy atom. The first kappa shape index (κ1) is 13.3. The van der Waals surface area contributed by atoms with Gasteiger partial charge in [-0.15, -0.1) is 0 Å². The molecule has 1 aliphatic rings. The largest absolute Gasteiger partial charge is 0.298 e. The van der Waals surface area contributed by atoms with Crippen LogP contribution in [-0.2, 0) is 14.6 Å². The molecular formula is C14H18O3S. The van der Waals surface area contributed by atoms with Crippen molar-refractivity contribution in [3.8, 4) is 0 Å². The Balaban J connectivity index is 2.41. The van der Waals surface area contributed by atoms with Crippen LogP contribution in [0.5, 0.6) is 0 Å². The van der Waals surface area contributed by atoms with Gasteiger partial charge in [0.15, 0.2) is 15.6 Å². The van der Waals surface area contributed by atoms with Gasteiger partial charge in [-0.2, -0.15) is 0 Å². The monoisotopic (exact) mass is 266 g/mol. The number of carbonyl (C=O) groups excluding carboxylic acids is 1. The molecule has 4 heteroatoms. The lowest BCUT2D eigenvalue weighted by atomic mass is 9.99. The van der Waals surface area contributed by atoms with Crippen molar-refractivity contribution in [1.82, 2.24) is 0 Å². The number of Topliss-reactive ketones (excluding diaryl/α,β-unsaturated/α-hetero) is 1. The number of sulfone groups is 1. The molecule has 2 rings (SSSR count). The zero-order valence-electron chi connectivity index (χ0n) is 10.8. The van der Waals surface area contributed by atoms with Gasteiger partial charge in [-0.3, -0.25) is 4.79 Å². The molecule has 0 bridgehead atoms. The molecule has 0 saturated heterocycles. The van der Waals surface area contributed by atoms with Crippen LogP contribution in [0.25, 0.3) is 0 Å². The standard InChI is InChI=1S/C14H18O3S/c1-10-7-8-12(9-11(10)2)18(16,17)14-6-4-3-5-13(14)15/h7-9,14H,3-6H2,1-2H3. The van der Waals surface area contributed by atoms with E-state index >= 15 is 0 Å². The molecule has 1 saturated carbocycles. The molecule has 0 aromatic heterocycles. The molecular weight excluding hydrogens is 248 g/mol. The van der Waals surface area contributed by atoms with Crippen molar-refractivity contribution in [2.24, 2.45) is 0 Å². The Morgan fingerprint density at radius 1 is 1.11 bits per heavy atom. The number of ketones is 1. The summed E-state index contributed by atoms with van der Waals surface area (Å²) in [6.45, 7) is 3.83. The van der Waals surface area contributed by atoms with Crippen LogP contribution in [0.2, 0.25) is 0 Å². The van der Waals surface area contributed by atoms with Crippen LogP contribution < -0.4 is 0 Å². The average Bonchev–Trinajstić information content (AvgIpc) is 2.33. The van der Waals surface area contributed by atoms with Gasteiger partial charge in [0, 0.05) is 6.42 Å². The second-order valence-corrected chi connectivity index (χ2v) is 7.12. The summed E-state index contributed by atoms with van der Waals surface area (Å²) in [7, 11) is -3.50. The van der Waals surface area contributed by atoms with Gasteiger partial charge in [-0.05, 0) is 49.9 Å². The van der Waals surface area contributed by atoms with E-state index in [2.05, 4.69) is 0 Å². The van der Waals surface area contributed by atoms with E-state index in [4.69, 9.17) is 0 Å². The third-order valence-electron chi connectivity index (χ3n) is 3.68. The molecule has 98 valence electrons.